The van der Waals surface area contributed by atoms with Crippen molar-refractivity contribution in [2.75, 3.05) is 6.54 Å². The molecule has 1 aliphatic carbocycles. The van der Waals surface area contributed by atoms with Gasteiger partial charge >= 0.3 is 6.03 Å². The molecule has 0 unspecified atom stereocenters. The van der Waals surface area contributed by atoms with Gasteiger partial charge in [0.15, 0.2) is 0 Å². The summed E-state index contributed by atoms with van der Waals surface area (Å²) in [6.45, 7) is 2.87. The van der Waals surface area contributed by atoms with Crippen molar-refractivity contribution in [1.29, 1.82) is 0 Å². The smallest absolute Gasteiger partial charge is 0.315 e. The Balaban J connectivity index is 1.88. The van der Waals surface area contributed by atoms with E-state index in [1.165, 1.54) is 5.56 Å². The van der Waals surface area contributed by atoms with Gasteiger partial charge in [-0.1, -0.05) is 43.7 Å². The van der Waals surface area contributed by atoms with Gasteiger partial charge in [0.05, 0.1) is 5.54 Å². The van der Waals surface area contributed by atoms with Crippen LogP contribution in [0.1, 0.15) is 38.2 Å². The van der Waals surface area contributed by atoms with E-state index >= 15 is 0 Å². The van der Waals surface area contributed by atoms with E-state index in [4.69, 9.17) is 0 Å². The van der Waals surface area contributed by atoms with Crippen LogP contribution in [-0.2, 0) is 5.54 Å². The van der Waals surface area contributed by atoms with Crippen molar-refractivity contribution in [2.45, 2.75) is 38.1 Å². The lowest BCUT2D eigenvalue weighted by Gasteiger charge is -2.18. The van der Waals surface area contributed by atoms with Gasteiger partial charge in [-0.3, -0.25) is 0 Å². The summed E-state index contributed by atoms with van der Waals surface area (Å²) in [4.78, 5) is 11.7. The van der Waals surface area contributed by atoms with Gasteiger partial charge in [0.1, 0.15) is 0 Å². The van der Waals surface area contributed by atoms with Crippen LogP contribution in [-0.4, -0.2) is 12.6 Å². The van der Waals surface area contributed by atoms with Crippen molar-refractivity contribution < 1.29 is 4.79 Å². The molecule has 0 spiro atoms. The number of nitrogens with one attached hydrogen (secondary N) is 2. The fraction of sp³-hybridized carbons (Fsp3) is 0.500. The molecule has 92 valence electrons. The second kappa shape index (κ2) is 5.21. The van der Waals surface area contributed by atoms with Crippen molar-refractivity contribution >= 4 is 6.03 Å². The van der Waals surface area contributed by atoms with Crippen molar-refractivity contribution in [3.8, 4) is 0 Å². The van der Waals surface area contributed by atoms with Gasteiger partial charge in [0.2, 0.25) is 0 Å². The molecule has 2 rings (SSSR count). The van der Waals surface area contributed by atoms with Gasteiger partial charge in [0, 0.05) is 6.54 Å². The number of urea groups is 1. The summed E-state index contributed by atoms with van der Waals surface area (Å²) in [6.07, 6.45) is 4.21. The number of benzene rings is 1. The normalized spacial score (nSPS) is 16.3. The Kier molecular flexibility index (Phi) is 3.67. The highest BCUT2D eigenvalue weighted by Gasteiger charge is 2.45. The van der Waals surface area contributed by atoms with Crippen LogP contribution >= 0.6 is 0 Å². The van der Waals surface area contributed by atoms with Crippen LogP contribution in [0.4, 0.5) is 4.79 Å². The molecule has 1 aliphatic rings. The minimum absolute atomic E-state index is 0.0418. The second-order valence-electron chi connectivity index (χ2n) is 4.68. The number of unbranched alkanes of at least 4 members (excludes halogenated alkanes) is 1. The Hall–Kier alpha value is -1.51. The third-order valence-electron chi connectivity index (χ3n) is 3.25. The number of amides is 2. The lowest BCUT2D eigenvalue weighted by molar-refractivity contribution is 0.235. The Labute approximate surface area is 103 Å². The summed E-state index contributed by atoms with van der Waals surface area (Å²) in [7, 11) is 0. The SMILES string of the molecule is CCCCNC(=O)NC1(c2ccccc2)CC1. The van der Waals surface area contributed by atoms with Crippen LogP contribution in [0.15, 0.2) is 30.3 Å². The molecule has 0 bridgehead atoms. The van der Waals surface area contributed by atoms with Crippen LogP contribution in [0, 0.1) is 0 Å². The summed E-state index contributed by atoms with van der Waals surface area (Å²) >= 11 is 0. The molecule has 1 fully saturated rings. The summed E-state index contributed by atoms with van der Waals surface area (Å²) in [5, 5.41) is 5.99. The first-order chi connectivity index (χ1) is 8.27. The lowest BCUT2D eigenvalue weighted by Crippen LogP contribution is -2.42. The molecule has 3 nitrogen and oxygen atoms in total. The highest BCUT2D eigenvalue weighted by Crippen LogP contribution is 2.45. The highest BCUT2D eigenvalue weighted by atomic mass is 16.2. The van der Waals surface area contributed by atoms with E-state index in [2.05, 4.69) is 29.7 Å². The molecular formula is C14H20N2O. The molecule has 3 heteroatoms. The van der Waals surface area contributed by atoms with E-state index in [1.54, 1.807) is 0 Å². The van der Waals surface area contributed by atoms with Crippen LogP contribution in [0.3, 0.4) is 0 Å². The second-order valence-corrected chi connectivity index (χ2v) is 4.68. The summed E-state index contributed by atoms with van der Waals surface area (Å²) in [6, 6.07) is 10.2. The number of hydrogen-bond acceptors (Lipinski definition) is 1. The Morgan fingerprint density at radius 3 is 2.59 bits per heavy atom. The van der Waals surface area contributed by atoms with Crippen molar-refractivity contribution in [1.82, 2.24) is 10.6 Å². The molecule has 0 saturated heterocycles. The first-order valence-corrected chi connectivity index (χ1v) is 6.38. The van der Waals surface area contributed by atoms with E-state index < -0.39 is 0 Å². The van der Waals surface area contributed by atoms with E-state index in [1.807, 2.05) is 18.2 Å². The zero-order chi connectivity index (χ0) is 12.1. The van der Waals surface area contributed by atoms with Crippen LogP contribution in [0.5, 0.6) is 0 Å². The first kappa shape index (κ1) is 12.0. The average Bonchev–Trinajstić information content (AvgIpc) is 3.12. The number of carbonyl (C=O) groups excluding carboxylic acids is 1. The zero-order valence-corrected chi connectivity index (χ0v) is 10.3. The van der Waals surface area contributed by atoms with E-state index in [9.17, 15) is 4.79 Å². The van der Waals surface area contributed by atoms with Crippen LogP contribution in [0.25, 0.3) is 0 Å². The predicted octanol–water partition coefficient (Wildman–Crippen LogP) is 2.78. The molecule has 2 N–H and O–H groups in total. The molecule has 0 atom stereocenters. The third-order valence-corrected chi connectivity index (χ3v) is 3.25. The minimum Gasteiger partial charge on any atom is -0.338 e. The molecule has 0 heterocycles. The molecular weight excluding hydrogens is 212 g/mol. The Morgan fingerprint density at radius 2 is 2.00 bits per heavy atom. The quantitative estimate of drug-likeness (QED) is 0.753. The molecule has 1 saturated carbocycles. The first-order valence-electron chi connectivity index (χ1n) is 6.38. The molecule has 0 aromatic heterocycles. The molecule has 0 aliphatic heterocycles. The predicted molar refractivity (Wildman–Crippen MR) is 68.8 cm³/mol. The molecule has 17 heavy (non-hydrogen) atoms. The number of rotatable bonds is 5. The van der Waals surface area contributed by atoms with Gasteiger partial charge in [-0.15, -0.1) is 0 Å². The molecule has 1 aromatic carbocycles. The fourth-order valence-corrected chi connectivity index (χ4v) is 2.01. The lowest BCUT2D eigenvalue weighted by atomic mass is 10.1. The van der Waals surface area contributed by atoms with E-state index in [0.717, 1.165) is 32.2 Å². The van der Waals surface area contributed by atoms with Crippen molar-refractivity contribution in [3.63, 3.8) is 0 Å². The topological polar surface area (TPSA) is 41.1 Å². The van der Waals surface area contributed by atoms with Crippen LogP contribution < -0.4 is 10.6 Å². The summed E-state index contributed by atoms with van der Waals surface area (Å²) in [5.74, 6) is 0. The highest BCUT2D eigenvalue weighted by molar-refractivity contribution is 5.75. The Bertz CT molecular complexity index is 371. The van der Waals surface area contributed by atoms with Crippen molar-refractivity contribution in [3.05, 3.63) is 35.9 Å². The minimum atomic E-state index is -0.0996. The van der Waals surface area contributed by atoms with Gasteiger partial charge in [-0.25, -0.2) is 4.79 Å². The standard InChI is InChI=1S/C14H20N2O/c1-2-3-11-15-13(17)16-14(9-10-14)12-7-5-4-6-8-12/h4-8H,2-3,9-11H2,1H3,(H2,15,16,17). The molecule has 0 radical (unpaired) electrons. The number of hydrogen-bond donors (Lipinski definition) is 2. The van der Waals surface area contributed by atoms with Gasteiger partial charge in [0.25, 0.3) is 0 Å². The summed E-state index contributed by atoms with van der Waals surface area (Å²) in [5.41, 5.74) is 1.11. The summed E-state index contributed by atoms with van der Waals surface area (Å²) < 4.78 is 0. The average molecular weight is 232 g/mol. The largest absolute Gasteiger partial charge is 0.338 e. The van der Waals surface area contributed by atoms with Crippen LogP contribution in [0.2, 0.25) is 0 Å². The Morgan fingerprint density at radius 1 is 1.29 bits per heavy atom. The van der Waals surface area contributed by atoms with E-state index in [-0.39, 0.29) is 11.6 Å². The third kappa shape index (κ3) is 2.99. The molecule has 1 aromatic rings. The fourth-order valence-electron chi connectivity index (χ4n) is 2.01. The van der Waals surface area contributed by atoms with Crippen molar-refractivity contribution in [2.24, 2.45) is 0 Å². The molecule has 2 amide bonds. The monoisotopic (exact) mass is 232 g/mol. The maximum absolute atomic E-state index is 11.7. The maximum Gasteiger partial charge on any atom is 0.315 e. The van der Waals surface area contributed by atoms with Gasteiger partial charge in [-0.2, -0.15) is 0 Å². The number of carbonyl (C=O) groups is 1. The maximum atomic E-state index is 11.7. The van der Waals surface area contributed by atoms with Gasteiger partial charge in [-0.05, 0) is 24.8 Å². The van der Waals surface area contributed by atoms with E-state index in [0.29, 0.717) is 0 Å². The van der Waals surface area contributed by atoms with Gasteiger partial charge < -0.3 is 10.6 Å². The zero-order valence-electron chi connectivity index (χ0n) is 10.3.